The molecular formula is C21H27N5O3S. The highest BCUT2D eigenvalue weighted by molar-refractivity contribution is 7.13. The van der Waals surface area contributed by atoms with E-state index in [1.807, 2.05) is 29.6 Å². The van der Waals surface area contributed by atoms with Gasteiger partial charge in [-0.15, -0.1) is 21.5 Å². The van der Waals surface area contributed by atoms with Crippen LogP contribution in [0.15, 0.2) is 29.6 Å². The summed E-state index contributed by atoms with van der Waals surface area (Å²) < 4.78 is 16.4. The molecule has 8 nitrogen and oxygen atoms in total. The molecule has 0 saturated carbocycles. The Bertz CT molecular complexity index is 934. The molecule has 0 N–H and O–H groups in total. The van der Waals surface area contributed by atoms with E-state index in [1.54, 1.807) is 37.5 Å². The number of nitrogens with zero attached hydrogens (tertiary/aromatic N) is 5. The van der Waals surface area contributed by atoms with Gasteiger partial charge in [0.25, 0.3) is 0 Å². The summed E-state index contributed by atoms with van der Waals surface area (Å²) >= 11 is 1.63. The van der Waals surface area contributed by atoms with E-state index < -0.39 is 0 Å². The molecule has 30 heavy (non-hydrogen) atoms. The molecule has 1 atom stereocenters. The number of aromatic nitrogens is 4. The van der Waals surface area contributed by atoms with Crippen molar-refractivity contribution in [2.24, 2.45) is 5.92 Å². The molecule has 0 amide bonds. The molecule has 1 aliphatic rings. The van der Waals surface area contributed by atoms with Crippen molar-refractivity contribution in [1.29, 1.82) is 0 Å². The Balaban J connectivity index is 1.41. The topological polar surface area (TPSA) is 74.5 Å². The Kier molecular flexibility index (Phi) is 6.49. The lowest BCUT2D eigenvalue weighted by Crippen LogP contribution is -2.36. The average molecular weight is 430 g/mol. The second-order valence-corrected chi connectivity index (χ2v) is 8.37. The third kappa shape index (κ3) is 4.57. The van der Waals surface area contributed by atoms with Gasteiger partial charge < -0.3 is 14.2 Å². The van der Waals surface area contributed by atoms with Crippen LogP contribution >= 0.6 is 11.3 Å². The van der Waals surface area contributed by atoms with Crippen LogP contribution in [0, 0.1) is 5.92 Å². The minimum atomic E-state index is 0.492. The summed E-state index contributed by atoms with van der Waals surface area (Å²) in [6.07, 6.45) is 2.32. The smallest absolute Gasteiger partial charge is 0.214 e. The predicted octanol–water partition coefficient (Wildman–Crippen LogP) is 3.34. The van der Waals surface area contributed by atoms with Gasteiger partial charge in [-0.3, -0.25) is 4.90 Å². The Labute approximate surface area is 180 Å². The monoisotopic (exact) mass is 429 g/mol. The van der Waals surface area contributed by atoms with Crippen LogP contribution < -0.4 is 14.2 Å². The SMILES string of the molecule is COc1cc(CN2CCC[C@@H](Cn3nnc(-c4cccs4)n3)C2)cc(OC)c1OC. The van der Waals surface area contributed by atoms with Crippen molar-refractivity contribution in [2.45, 2.75) is 25.9 Å². The third-order valence-corrected chi connectivity index (χ3v) is 6.22. The molecule has 1 saturated heterocycles. The first-order valence-electron chi connectivity index (χ1n) is 10.0. The number of hydrogen-bond acceptors (Lipinski definition) is 8. The number of hydrogen-bond donors (Lipinski definition) is 0. The zero-order chi connectivity index (χ0) is 20.9. The lowest BCUT2D eigenvalue weighted by molar-refractivity contribution is 0.149. The fourth-order valence-corrected chi connectivity index (χ4v) is 4.63. The van der Waals surface area contributed by atoms with E-state index in [1.165, 1.54) is 6.42 Å². The van der Waals surface area contributed by atoms with Crippen molar-refractivity contribution in [1.82, 2.24) is 25.1 Å². The summed E-state index contributed by atoms with van der Waals surface area (Å²) in [6.45, 7) is 3.67. The second kappa shape index (κ2) is 9.44. The Morgan fingerprint density at radius 1 is 1.13 bits per heavy atom. The van der Waals surface area contributed by atoms with Crippen LogP contribution in [-0.4, -0.2) is 59.5 Å². The van der Waals surface area contributed by atoms with Crippen molar-refractivity contribution in [3.8, 4) is 28.0 Å². The molecule has 9 heteroatoms. The molecular weight excluding hydrogens is 402 g/mol. The summed E-state index contributed by atoms with van der Waals surface area (Å²) in [6, 6.07) is 8.07. The van der Waals surface area contributed by atoms with Crippen molar-refractivity contribution < 1.29 is 14.2 Å². The minimum absolute atomic E-state index is 0.492. The zero-order valence-corrected chi connectivity index (χ0v) is 18.4. The molecule has 3 heterocycles. The van der Waals surface area contributed by atoms with E-state index in [0.29, 0.717) is 29.0 Å². The fourth-order valence-electron chi connectivity index (χ4n) is 3.98. The highest BCUT2D eigenvalue weighted by atomic mass is 32.1. The average Bonchev–Trinajstić information content (AvgIpc) is 3.45. The first-order valence-corrected chi connectivity index (χ1v) is 10.9. The quantitative estimate of drug-likeness (QED) is 0.544. The van der Waals surface area contributed by atoms with Gasteiger partial charge in [-0.2, -0.15) is 4.80 Å². The van der Waals surface area contributed by atoms with Gasteiger partial charge in [-0.1, -0.05) is 6.07 Å². The van der Waals surface area contributed by atoms with E-state index in [9.17, 15) is 0 Å². The maximum Gasteiger partial charge on any atom is 0.214 e. The highest BCUT2D eigenvalue weighted by Crippen LogP contribution is 2.38. The molecule has 4 rings (SSSR count). The lowest BCUT2D eigenvalue weighted by Gasteiger charge is -2.32. The number of thiophene rings is 1. The first-order chi connectivity index (χ1) is 14.7. The lowest BCUT2D eigenvalue weighted by atomic mass is 9.97. The molecule has 160 valence electrons. The van der Waals surface area contributed by atoms with Gasteiger partial charge in [0.2, 0.25) is 11.6 Å². The molecule has 0 aliphatic carbocycles. The van der Waals surface area contributed by atoms with Crippen molar-refractivity contribution in [2.75, 3.05) is 34.4 Å². The molecule has 0 radical (unpaired) electrons. The number of likely N-dealkylation sites (tertiary alicyclic amines) is 1. The molecule has 0 bridgehead atoms. The van der Waals surface area contributed by atoms with E-state index in [0.717, 1.165) is 43.0 Å². The van der Waals surface area contributed by atoms with Crippen LogP contribution in [0.5, 0.6) is 17.2 Å². The molecule has 2 aromatic heterocycles. The van der Waals surface area contributed by atoms with Crippen LogP contribution in [0.4, 0.5) is 0 Å². The molecule has 3 aromatic rings. The predicted molar refractivity (Wildman–Crippen MR) is 115 cm³/mol. The van der Waals surface area contributed by atoms with Crippen molar-refractivity contribution in [3.63, 3.8) is 0 Å². The van der Waals surface area contributed by atoms with Crippen LogP contribution in [0.1, 0.15) is 18.4 Å². The number of tetrazole rings is 1. The maximum atomic E-state index is 5.49. The number of ether oxygens (including phenoxy) is 3. The summed E-state index contributed by atoms with van der Waals surface area (Å²) in [5.74, 6) is 3.20. The molecule has 0 unspecified atom stereocenters. The van der Waals surface area contributed by atoms with Gasteiger partial charge >= 0.3 is 0 Å². The number of rotatable bonds is 8. The van der Waals surface area contributed by atoms with Gasteiger partial charge in [0.1, 0.15) is 0 Å². The van der Waals surface area contributed by atoms with Crippen LogP contribution in [-0.2, 0) is 13.1 Å². The standard InChI is InChI=1S/C21H27N5O3S/c1-27-17-10-16(11-18(28-2)20(17)29-3)13-25-8-4-6-15(12-25)14-26-23-21(22-24-26)19-7-5-9-30-19/h5,7,9-11,15H,4,6,8,12-14H2,1-3H3/t15-/m1/s1. The van der Waals surface area contributed by atoms with E-state index in [2.05, 4.69) is 20.3 Å². The van der Waals surface area contributed by atoms with E-state index in [-0.39, 0.29) is 0 Å². The van der Waals surface area contributed by atoms with Crippen LogP contribution in [0.2, 0.25) is 0 Å². The summed E-state index contributed by atoms with van der Waals surface area (Å²) in [5.41, 5.74) is 1.14. The molecule has 1 aromatic carbocycles. The number of benzene rings is 1. The van der Waals surface area contributed by atoms with E-state index >= 15 is 0 Å². The van der Waals surface area contributed by atoms with Crippen molar-refractivity contribution in [3.05, 3.63) is 35.2 Å². The first kappa shape index (κ1) is 20.6. The summed E-state index contributed by atoms with van der Waals surface area (Å²) in [4.78, 5) is 5.25. The molecule has 0 spiro atoms. The molecule has 1 fully saturated rings. The van der Waals surface area contributed by atoms with Gasteiger partial charge in [-0.05, 0) is 59.7 Å². The number of piperidine rings is 1. The van der Waals surface area contributed by atoms with Crippen molar-refractivity contribution >= 4 is 11.3 Å². The maximum absolute atomic E-state index is 5.49. The largest absolute Gasteiger partial charge is 0.493 e. The van der Waals surface area contributed by atoms with Gasteiger partial charge in [-0.25, -0.2) is 0 Å². The Morgan fingerprint density at radius 2 is 1.93 bits per heavy atom. The Hall–Kier alpha value is -2.65. The van der Waals surface area contributed by atoms with Gasteiger partial charge in [0, 0.05) is 13.1 Å². The van der Waals surface area contributed by atoms with Gasteiger partial charge in [0.15, 0.2) is 11.5 Å². The normalized spacial score (nSPS) is 17.1. The minimum Gasteiger partial charge on any atom is -0.493 e. The van der Waals surface area contributed by atoms with E-state index in [4.69, 9.17) is 14.2 Å². The van der Waals surface area contributed by atoms with Crippen LogP contribution in [0.25, 0.3) is 10.7 Å². The van der Waals surface area contributed by atoms with Gasteiger partial charge in [0.05, 0.1) is 32.8 Å². The second-order valence-electron chi connectivity index (χ2n) is 7.42. The summed E-state index contributed by atoms with van der Waals surface area (Å²) in [5, 5.41) is 15.0. The van der Waals surface area contributed by atoms with Crippen LogP contribution in [0.3, 0.4) is 0 Å². The molecule has 1 aliphatic heterocycles. The third-order valence-electron chi connectivity index (χ3n) is 5.35. The Morgan fingerprint density at radius 3 is 2.60 bits per heavy atom. The zero-order valence-electron chi connectivity index (χ0n) is 17.6. The summed E-state index contributed by atoms with van der Waals surface area (Å²) in [7, 11) is 4.92. The highest BCUT2D eigenvalue weighted by Gasteiger charge is 2.23. The fraction of sp³-hybridized carbons (Fsp3) is 0.476. The number of methoxy groups -OCH3 is 3.